The van der Waals surface area contributed by atoms with Crippen LogP contribution in [0, 0.1) is 5.92 Å². The Labute approximate surface area is 181 Å². The fourth-order valence-electron chi connectivity index (χ4n) is 4.04. The standard InChI is InChI=1S/C21H22Cl2N2O3S/c22-17-5-7-19(23)20(13-17)24-21(26)15-8-10-25(11-9-15)29(27,28)18-6-4-14-2-1-3-16(14)12-18/h4-7,12-13,15H,1-3,8-11H2,(H,24,26). The van der Waals surface area contributed by atoms with E-state index in [9.17, 15) is 13.2 Å². The monoisotopic (exact) mass is 452 g/mol. The van der Waals surface area contributed by atoms with Crippen LogP contribution in [-0.4, -0.2) is 31.7 Å². The molecule has 2 aliphatic rings. The maximum absolute atomic E-state index is 13.0. The van der Waals surface area contributed by atoms with Gasteiger partial charge in [0, 0.05) is 24.0 Å². The molecule has 2 aromatic rings. The van der Waals surface area contributed by atoms with E-state index in [2.05, 4.69) is 5.32 Å². The Morgan fingerprint density at radius 3 is 2.48 bits per heavy atom. The summed E-state index contributed by atoms with van der Waals surface area (Å²) in [6.07, 6.45) is 3.97. The van der Waals surface area contributed by atoms with Crippen molar-refractivity contribution in [3.63, 3.8) is 0 Å². The van der Waals surface area contributed by atoms with E-state index in [4.69, 9.17) is 23.2 Å². The number of benzene rings is 2. The minimum absolute atomic E-state index is 0.163. The lowest BCUT2D eigenvalue weighted by atomic mass is 9.97. The number of aryl methyl sites for hydroxylation is 2. The Hall–Kier alpha value is -1.60. The number of hydrogen-bond acceptors (Lipinski definition) is 3. The average molecular weight is 453 g/mol. The van der Waals surface area contributed by atoms with Crippen LogP contribution in [0.1, 0.15) is 30.4 Å². The van der Waals surface area contributed by atoms with Gasteiger partial charge in [0.05, 0.1) is 15.6 Å². The van der Waals surface area contributed by atoms with Crippen LogP contribution in [0.5, 0.6) is 0 Å². The molecule has 154 valence electrons. The van der Waals surface area contributed by atoms with Crippen LogP contribution in [0.3, 0.4) is 0 Å². The SMILES string of the molecule is O=C(Nc1cc(Cl)ccc1Cl)C1CCN(S(=O)(=O)c2ccc3c(c2)CCC3)CC1. The zero-order valence-corrected chi connectivity index (χ0v) is 18.2. The number of fused-ring (bicyclic) bond motifs is 1. The Morgan fingerprint density at radius 2 is 1.72 bits per heavy atom. The lowest BCUT2D eigenvalue weighted by Gasteiger charge is -2.30. The highest BCUT2D eigenvalue weighted by molar-refractivity contribution is 7.89. The first-order chi connectivity index (χ1) is 13.8. The molecule has 0 atom stereocenters. The first-order valence-electron chi connectivity index (χ1n) is 9.72. The van der Waals surface area contributed by atoms with Crippen LogP contribution in [0.2, 0.25) is 10.0 Å². The molecular weight excluding hydrogens is 431 g/mol. The number of anilines is 1. The molecule has 1 aliphatic heterocycles. The molecular formula is C21H22Cl2N2O3S. The third kappa shape index (κ3) is 4.31. The summed E-state index contributed by atoms with van der Waals surface area (Å²) in [5.41, 5.74) is 2.86. The largest absolute Gasteiger partial charge is 0.324 e. The number of carbonyl (C=O) groups is 1. The Balaban J connectivity index is 1.41. The Bertz CT molecular complexity index is 1050. The molecule has 1 N–H and O–H groups in total. The van der Waals surface area contributed by atoms with Crippen molar-refractivity contribution in [1.29, 1.82) is 0 Å². The third-order valence-corrected chi connectivity index (χ3v) is 8.18. The van der Waals surface area contributed by atoms with Gasteiger partial charge >= 0.3 is 0 Å². The number of hydrogen-bond donors (Lipinski definition) is 1. The number of sulfonamides is 1. The van der Waals surface area contributed by atoms with E-state index >= 15 is 0 Å². The van der Waals surface area contributed by atoms with Crippen LogP contribution >= 0.6 is 23.2 Å². The molecule has 0 saturated carbocycles. The van der Waals surface area contributed by atoms with Crippen LogP contribution < -0.4 is 5.32 Å². The van der Waals surface area contributed by atoms with Crippen molar-refractivity contribution in [1.82, 2.24) is 4.31 Å². The number of nitrogens with one attached hydrogen (secondary N) is 1. The van der Waals surface area contributed by atoms with E-state index in [1.54, 1.807) is 24.3 Å². The van der Waals surface area contributed by atoms with E-state index in [0.717, 1.165) is 24.8 Å². The van der Waals surface area contributed by atoms with Gasteiger partial charge in [-0.15, -0.1) is 0 Å². The van der Waals surface area contributed by atoms with E-state index in [0.29, 0.717) is 46.6 Å². The van der Waals surface area contributed by atoms with Crippen molar-refractivity contribution in [2.24, 2.45) is 5.92 Å². The molecule has 2 aromatic carbocycles. The third-order valence-electron chi connectivity index (χ3n) is 5.72. The first kappa shape index (κ1) is 20.7. The van der Waals surface area contributed by atoms with Crippen LogP contribution in [0.25, 0.3) is 0 Å². The maximum atomic E-state index is 13.0. The van der Waals surface area contributed by atoms with E-state index in [-0.39, 0.29) is 11.8 Å². The molecule has 1 fully saturated rings. The molecule has 0 bridgehead atoms. The average Bonchev–Trinajstić information content (AvgIpc) is 3.18. The molecule has 1 heterocycles. The first-order valence-corrected chi connectivity index (χ1v) is 11.9. The van der Waals surface area contributed by atoms with Crippen LogP contribution in [-0.2, 0) is 27.7 Å². The Kier molecular flexibility index (Phi) is 5.89. The van der Waals surface area contributed by atoms with Crippen molar-refractivity contribution in [2.45, 2.75) is 37.0 Å². The summed E-state index contributed by atoms with van der Waals surface area (Å²) in [5, 5.41) is 3.71. The summed E-state index contributed by atoms with van der Waals surface area (Å²) < 4.78 is 27.5. The van der Waals surface area contributed by atoms with Gasteiger partial charge in [-0.05, 0) is 73.6 Å². The molecule has 8 heteroatoms. The lowest BCUT2D eigenvalue weighted by Crippen LogP contribution is -2.41. The highest BCUT2D eigenvalue weighted by Crippen LogP contribution is 2.30. The zero-order valence-electron chi connectivity index (χ0n) is 15.8. The molecule has 29 heavy (non-hydrogen) atoms. The second-order valence-electron chi connectivity index (χ2n) is 7.58. The van der Waals surface area contributed by atoms with Crippen molar-refractivity contribution in [3.8, 4) is 0 Å². The number of halogens is 2. The van der Waals surface area contributed by atoms with Gasteiger partial charge in [-0.1, -0.05) is 29.3 Å². The topological polar surface area (TPSA) is 66.5 Å². The minimum atomic E-state index is -3.54. The molecule has 0 unspecified atom stereocenters. The summed E-state index contributed by atoms with van der Waals surface area (Å²) in [5.74, 6) is -0.430. The molecule has 0 radical (unpaired) electrons. The lowest BCUT2D eigenvalue weighted by molar-refractivity contribution is -0.120. The summed E-state index contributed by atoms with van der Waals surface area (Å²) in [6, 6.07) is 10.4. The van der Waals surface area contributed by atoms with Gasteiger partial charge in [0.25, 0.3) is 0 Å². The predicted octanol–water partition coefficient (Wildman–Crippen LogP) is 4.52. The van der Waals surface area contributed by atoms with E-state index < -0.39 is 10.0 Å². The quantitative estimate of drug-likeness (QED) is 0.740. The molecule has 1 aliphatic carbocycles. The van der Waals surface area contributed by atoms with Crippen molar-refractivity contribution >= 4 is 44.8 Å². The van der Waals surface area contributed by atoms with Gasteiger partial charge in [-0.3, -0.25) is 4.79 Å². The number of nitrogens with zero attached hydrogens (tertiary/aromatic N) is 1. The molecule has 1 amide bonds. The summed E-state index contributed by atoms with van der Waals surface area (Å²) in [7, 11) is -3.54. The van der Waals surface area contributed by atoms with Crippen molar-refractivity contribution < 1.29 is 13.2 Å². The fourth-order valence-corrected chi connectivity index (χ4v) is 5.90. The van der Waals surface area contributed by atoms with Gasteiger partial charge in [0.1, 0.15) is 0 Å². The summed E-state index contributed by atoms with van der Waals surface area (Å²) in [4.78, 5) is 13.0. The molecule has 0 aromatic heterocycles. The molecule has 4 rings (SSSR count). The smallest absolute Gasteiger partial charge is 0.243 e. The second-order valence-corrected chi connectivity index (χ2v) is 10.4. The molecule has 0 spiro atoms. The minimum Gasteiger partial charge on any atom is -0.324 e. The van der Waals surface area contributed by atoms with Crippen LogP contribution in [0.4, 0.5) is 5.69 Å². The van der Waals surface area contributed by atoms with Gasteiger partial charge in [0.15, 0.2) is 0 Å². The number of piperidine rings is 1. The fraction of sp³-hybridized carbons (Fsp3) is 0.381. The van der Waals surface area contributed by atoms with Gasteiger partial charge in [0.2, 0.25) is 15.9 Å². The van der Waals surface area contributed by atoms with Crippen molar-refractivity contribution in [2.75, 3.05) is 18.4 Å². The predicted molar refractivity (Wildman–Crippen MR) is 115 cm³/mol. The molecule has 1 saturated heterocycles. The highest BCUT2D eigenvalue weighted by atomic mass is 35.5. The highest BCUT2D eigenvalue weighted by Gasteiger charge is 2.32. The van der Waals surface area contributed by atoms with Crippen molar-refractivity contribution in [3.05, 3.63) is 57.6 Å². The Morgan fingerprint density at radius 1 is 1.00 bits per heavy atom. The van der Waals surface area contributed by atoms with E-state index in [1.807, 2.05) is 12.1 Å². The summed E-state index contributed by atoms with van der Waals surface area (Å²) >= 11 is 12.1. The van der Waals surface area contributed by atoms with E-state index in [1.165, 1.54) is 9.87 Å². The number of carbonyl (C=O) groups excluding carboxylic acids is 1. The number of amides is 1. The van der Waals surface area contributed by atoms with Gasteiger partial charge in [-0.2, -0.15) is 4.31 Å². The zero-order chi connectivity index (χ0) is 20.6. The van der Waals surface area contributed by atoms with Gasteiger partial charge < -0.3 is 5.32 Å². The van der Waals surface area contributed by atoms with Gasteiger partial charge in [-0.25, -0.2) is 8.42 Å². The molecule has 5 nitrogen and oxygen atoms in total. The maximum Gasteiger partial charge on any atom is 0.243 e. The number of rotatable bonds is 4. The summed E-state index contributed by atoms with van der Waals surface area (Å²) in [6.45, 7) is 0.640. The normalized spacial score (nSPS) is 17.9. The van der Waals surface area contributed by atoms with Crippen LogP contribution in [0.15, 0.2) is 41.3 Å². The second kappa shape index (κ2) is 8.26.